The van der Waals surface area contributed by atoms with Crippen LogP contribution >= 0.6 is 0 Å². The van der Waals surface area contributed by atoms with E-state index < -0.39 is 0 Å². The summed E-state index contributed by atoms with van der Waals surface area (Å²) < 4.78 is 1.91. The fourth-order valence-corrected chi connectivity index (χ4v) is 1.63. The van der Waals surface area contributed by atoms with Gasteiger partial charge in [0, 0.05) is 12.6 Å². The Labute approximate surface area is 104 Å². The van der Waals surface area contributed by atoms with Crippen molar-refractivity contribution in [1.29, 1.82) is 0 Å². The Hall–Kier alpha value is -0.970. The van der Waals surface area contributed by atoms with Gasteiger partial charge in [0.25, 0.3) is 0 Å². The van der Waals surface area contributed by atoms with Crippen LogP contribution < -0.4 is 5.32 Å². The molecule has 0 fully saturated rings. The number of tetrazole rings is 1. The van der Waals surface area contributed by atoms with E-state index >= 15 is 0 Å². The van der Waals surface area contributed by atoms with Gasteiger partial charge in [-0.1, -0.05) is 40.5 Å². The van der Waals surface area contributed by atoms with Crippen LogP contribution in [0.25, 0.3) is 0 Å². The van der Waals surface area contributed by atoms with Gasteiger partial charge >= 0.3 is 0 Å². The topological polar surface area (TPSA) is 55.6 Å². The summed E-state index contributed by atoms with van der Waals surface area (Å²) in [5.41, 5.74) is 0. The van der Waals surface area contributed by atoms with Crippen molar-refractivity contribution in [2.45, 2.75) is 66.1 Å². The number of aryl methyl sites for hydroxylation is 1. The molecule has 0 aliphatic carbocycles. The van der Waals surface area contributed by atoms with Crippen LogP contribution in [0.3, 0.4) is 0 Å². The minimum atomic E-state index is 0.459. The maximum atomic E-state index is 4.04. The van der Waals surface area contributed by atoms with E-state index in [-0.39, 0.29) is 0 Å². The molecule has 1 aromatic rings. The van der Waals surface area contributed by atoms with Crippen LogP contribution in [0.5, 0.6) is 0 Å². The largest absolute Gasteiger partial charge is 0.308 e. The molecule has 0 bridgehead atoms. The average molecular weight is 239 g/mol. The van der Waals surface area contributed by atoms with Crippen molar-refractivity contribution >= 4 is 0 Å². The molecule has 5 heteroatoms. The molecule has 0 aliphatic rings. The zero-order valence-corrected chi connectivity index (χ0v) is 11.5. The monoisotopic (exact) mass is 239 g/mol. The van der Waals surface area contributed by atoms with Crippen LogP contribution in [0.1, 0.15) is 52.8 Å². The Morgan fingerprint density at radius 2 is 1.94 bits per heavy atom. The van der Waals surface area contributed by atoms with Gasteiger partial charge in [0.1, 0.15) is 0 Å². The van der Waals surface area contributed by atoms with E-state index in [9.17, 15) is 0 Å². The lowest BCUT2D eigenvalue weighted by atomic mass is 10.1. The van der Waals surface area contributed by atoms with Crippen LogP contribution in [-0.4, -0.2) is 26.2 Å². The predicted molar refractivity (Wildman–Crippen MR) is 68.5 cm³/mol. The molecule has 1 aromatic heterocycles. The molecule has 0 spiro atoms. The second kappa shape index (κ2) is 7.37. The first-order chi connectivity index (χ1) is 8.09. The molecule has 0 amide bonds. The second-order valence-electron chi connectivity index (χ2n) is 5.24. The molecule has 0 aromatic carbocycles. The normalized spacial score (nSPS) is 11.6. The third-order valence-corrected chi connectivity index (χ3v) is 2.68. The molecule has 98 valence electrons. The summed E-state index contributed by atoms with van der Waals surface area (Å²) in [5, 5.41) is 15.1. The quantitative estimate of drug-likeness (QED) is 0.705. The summed E-state index contributed by atoms with van der Waals surface area (Å²) in [6, 6.07) is 0.459. The SMILES string of the molecule is CC(C)CCCCn1nnnc1CNC(C)C. The molecular formula is C12H25N5. The molecule has 0 aliphatic heterocycles. The van der Waals surface area contributed by atoms with Crippen molar-refractivity contribution in [3.63, 3.8) is 0 Å². The number of nitrogens with one attached hydrogen (secondary N) is 1. The Bertz CT molecular complexity index is 306. The minimum Gasteiger partial charge on any atom is -0.308 e. The van der Waals surface area contributed by atoms with E-state index in [0.717, 1.165) is 31.3 Å². The van der Waals surface area contributed by atoms with Crippen molar-refractivity contribution in [1.82, 2.24) is 25.5 Å². The molecule has 0 radical (unpaired) electrons. The molecule has 0 atom stereocenters. The molecule has 0 saturated carbocycles. The summed E-state index contributed by atoms with van der Waals surface area (Å²) in [7, 11) is 0. The van der Waals surface area contributed by atoms with Crippen molar-refractivity contribution in [2.24, 2.45) is 5.92 Å². The first-order valence-corrected chi connectivity index (χ1v) is 6.58. The fourth-order valence-electron chi connectivity index (χ4n) is 1.63. The minimum absolute atomic E-state index is 0.459. The van der Waals surface area contributed by atoms with Gasteiger partial charge in [0.05, 0.1) is 6.54 Å². The van der Waals surface area contributed by atoms with E-state index in [2.05, 4.69) is 48.5 Å². The van der Waals surface area contributed by atoms with Gasteiger partial charge in [-0.15, -0.1) is 5.10 Å². The number of nitrogens with zero attached hydrogens (tertiary/aromatic N) is 4. The highest BCUT2D eigenvalue weighted by atomic mass is 15.5. The van der Waals surface area contributed by atoms with Crippen molar-refractivity contribution in [3.05, 3.63) is 5.82 Å². The van der Waals surface area contributed by atoms with E-state index in [4.69, 9.17) is 0 Å². The highest BCUT2D eigenvalue weighted by Crippen LogP contribution is 2.07. The zero-order valence-electron chi connectivity index (χ0n) is 11.5. The summed E-state index contributed by atoms with van der Waals surface area (Å²) in [6.45, 7) is 10.4. The molecule has 0 saturated heterocycles. The smallest absolute Gasteiger partial charge is 0.165 e. The summed E-state index contributed by atoms with van der Waals surface area (Å²) in [6.07, 6.45) is 3.67. The van der Waals surface area contributed by atoms with E-state index in [1.807, 2.05) is 4.68 Å². The second-order valence-corrected chi connectivity index (χ2v) is 5.24. The Morgan fingerprint density at radius 1 is 1.18 bits per heavy atom. The number of hydrogen-bond donors (Lipinski definition) is 1. The van der Waals surface area contributed by atoms with Crippen LogP contribution in [0.15, 0.2) is 0 Å². The van der Waals surface area contributed by atoms with Crippen molar-refractivity contribution in [3.8, 4) is 0 Å². The zero-order chi connectivity index (χ0) is 12.7. The summed E-state index contributed by atoms with van der Waals surface area (Å²) >= 11 is 0. The predicted octanol–water partition coefficient (Wildman–Crippen LogP) is 2.00. The number of rotatable bonds is 8. The first-order valence-electron chi connectivity index (χ1n) is 6.58. The van der Waals surface area contributed by atoms with Crippen molar-refractivity contribution < 1.29 is 0 Å². The van der Waals surface area contributed by atoms with Crippen LogP contribution in [-0.2, 0) is 13.1 Å². The Balaban J connectivity index is 2.30. The standard InChI is InChI=1S/C12H25N5/c1-10(2)7-5-6-8-17-12(14-15-16-17)9-13-11(3)4/h10-11,13H,5-9H2,1-4H3. The average Bonchev–Trinajstić information content (AvgIpc) is 2.68. The summed E-state index contributed by atoms with van der Waals surface area (Å²) in [4.78, 5) is 0. The van der Waals surface area contributed by atoms with Crippen LogP contribution in [0.2, 0.25) is 0 Å². The molecular weight excluding hydrogens is 214 g/mol. The van der Waals surface area contributed by atoms with E-state index in [1.165, 1.54) is 12.8 Å². The van der Waals surface area contributed by atoms with Gasteiger partial charge in [0.15, 0.2) is 5.82 Å². The first kappa shape index (κ1) is 14.1. The fraction of sp³-hybridized carbons (Fsp3) is 0.917. The number of unbranched alkanes of at least 4 members (excludes halogenated alkanes) is 1. The molecule has 0 unspecified atom stereocenters. The summed E-state index contributed by atoms with van der Waals surface area (Å²) in [5.74, 6) is 1.72. The highest BCUT2D eigenvalue weighted by Gasteiger charge is 2.06. The van der Waals surface area contributed by atoms with E-state index in [0.29, 0.717) is 6.04 Å². The number of hydrogen-bond acceptors (Lipinski definition) is 4. The molecule has 1 rings (SSSR count). The molecule has 5 nitrogen and oxygen atoms in total. The maximum absolute atomic E-state index is 4.04. The lowest BCUT2D eigenvalue weighted by Gasteiger charge is -2.08. The molecule has 1 N–H and O–H groups in total. The van der Waals surface area contributed by atoms with Gasteiger partial charge in [-0.05, 0) is 22.8 Å². The third-order valence-electron chi connectivity index (χ3n) is 2.68. The van der Waals surface area contributed by atoms with Crippen LogP contribution in [0.4, 0.5) is 0 Å². The van der Waals surface area contributed by atoms with E-state index in [1.54, 1.807) is 0 Å². The lowest BCUT2D eigenvalue weighted by Crippen LogP contribution is -2.24. The lowest BCUT2D eigenvalue weighted by molar-refractivity contribution is 0.466. The van der Waals surface area contributed by atoms with Crippen molar-refractivity contribution in [2.75, 3.05) is 0 Å². The Morgan fingerprint density at radius 3 is 2.59 bits per heavy atom. The molecule has 1 heterocycles. The van der Waals surface area contributed by atoms with Gasteiger partial charge in [-0.2, -0.15) is 0 Å². The third kappa shape index (κ3) is 5.77. The van der Waals surface area contributed by atoms with Crippen LogP contribution in [0, 0.1) is 5.92 Å². The molecule has 17 heavy (non-hydrogen) atoms. The maximum Gasteiger partial charge on any atom is 0.165 e. The van der Waals surface area contributed by atoms with Gasteiger partial charge in [0.2, 0.25) is 0 Å². The van der Waals surface area contributed by atoms with Gasteiger partial charge < -0.3 is 5.32 Å². The number of aromatic nitrogens is 4. The van der Waals surface area contributed by atoms with Gasteiger partial charge in [-0.3, -0.25) is 0 Å². The van der Waals surface area contributed by atoms with Gasteiger partial charge in [-0.25, -0.2) is 4.68 Å². The highest BCUT2D eigenvalue weighted by molar-refractivity contribution is 4.80. The Kier molecular flexibility index (Phi) is 6.11.